The molecule has 0 N–H and O–H groups in total. The summed E-state index contributed by atoms with van der Waals surface area (Å²) in [6.07, 6.45) is 3.21. The van der Waals surface area contributed by atoms with Gasteiger partial charge in [0.2, 0.25) is 0 Å². The van der Waals surface area contributed by atoms with Crippen LogP contribution in [0.1, 0.15) is 18.5 Å². The van der Waals surface area contributed by atoms with E-state index in [2.05, 4.69) is 16.9 Å². The molecule has 2 rings (SSSR count). The molecular formula is C13H13Cl2N3. The first kappa shape index (κ1) is 13.1. The first-order valence-electron chi connectivity index (χ1n) is 5.54. The van der Waals surface area contributed by atoms with Gasteiger partial charge in [0.05, 0.1) is 18.4 Å². The molecule has 0 saturated carbocycles. The van der Waals surface area contributed by atoms with Gasteiger partial charge in [0.1, 0.15) is 11.0 Å². The summed E-state index contributed by atoms with van der Waals surface area (Å²) >= 11 is 11.7. The second-order valence-electron chi connectivity index (χ2n) is 4.04. The van der Waals surface area contributed by atoms with Crippen molar-refractivity contribution in [3.05, 3.63) is 52.4 Å². The van der Waals surface area contributed by atoms with Gasteiger partial charge in [0.25, 0.3) is 0 Å². The molecule has 3 nitrogen and oxygen atoms in total. The van der Waals surface area contributed by atoms with Gasteiger partial charge in [-0.2, -0.15) is 0 Å². The van der Waals surface area contributed by atoms with Gasteiger partial charge in [0, 0.05) is 12.1 Å². The van der Waals surface area contributed by atoms with Crippen LogP contribution in [0.15, 0.2) is 36.7 Å². The van der Waals surface area contributed by atoms with Crippen molar-refractivity contribution in [2.75, 3.05) is 11.9 Å². The first-order chi connectivity index (χ1) is 8.58. The summed E-state index contributed by atoms with van der Waals surface area (Å²) in [5.41, 5.74) is 1.16. The second-order valence-corrected chi connectivity index (χ2v) is 4.86. The zero-order valence-corrected chi connectivity index (χ0v) is 11.7. The Labute approximate surface area is 116 Å². The standard InChI is InChI=1S/C13H13Cl2N3/c1-9(10-3-5-11(14)6-4-10)18(2)13-8-16-7-12(15)17-13/h3-9H,1-2H3. The highest BCUT2D eigenvalue weighted by Crippen LogP contribution is 2.24. The van der Waals surface area contributed by atoms with E-state index in [1.165, 1.54) is 6.20 Å². The van der Waals surface area contributed by atoms with E-state index < -0.39 is 0 Å². The van der Waals surface area contributed by atoms with E-state index in [1.807, 2.05) is 36.2 Å². The fraction of sp³-hybridized carbons (Fsp3) is 0.231. The molecule has 0 amide bonds. The SMILES string of the molecule is CC(c1ccc(Cl)cc1)N(C)c1cncc(Cl)n1. The molecule has 0 spiro atoms. The number of hydrogen-bond donors (Lipinski definition) is 0. The van der Waals surface area contributed by atoms with Crippen molar-refractivity contribution < 1.29 is 0 Å². The highest BCUT2D eigenvalue weighted by atomic mass is 35.5. The lowest BCUT2D eigenvalue weighted by Gasteiger charge is -2.26. The van der Waals surface area contributed by atoms with E-state index in [0.29, 0.717) is 5.15 Å². The zero-order valence-electron chi connectivity index (χ0n) is 10.1. The van der Waals surface area contributed by atoms with Crippen molar-refractivity contribution in [3.8, 4) is 0 Å². The monoisotopic (exact) mass is 281 g/mol. The smallest absolute Gasteiger partial charge is 0.149 e. The van der Waals surface area contributed by atoms with Crippen LogP contribution in [0.5, 0.6) is 0 Å². The fourth-order valence-corrected chi connectivity index (χ4v) is 1.93. The minimum Gasteiger partial charge on any atom is -0.352 e. The van der Waals surface area contributed by atoms with Crippen molar-refractivity contribution in [1.82, 2.24) is 9.97 Å². The second kappa shape index (κ2) is 5.55. The Morgan fingerprint density at radius 1 is 1.11 bits per heavy atom. The molecule has 0 aliphatic carbocycles. The van der Waals surface area contributed by atoms with Crippen molar-refractivity contribution >= 4 is 29.0 Å². The molecule has 1 atom stereocenters. The number of aromatic nitrogens is 2. The fourth-order valence-electron chi connectivity index (χ4n) is 1.67. The molecular weight excluding hydrogens is 269 g/mol. The number of hydrogen-bond acceptors (Lipinski definition) is 3. The molecule has 0 saturated heterocycles. The van der Waals surface area contributed by atoms with Crippen molar-refractivity contribution in [1.29, 1.82) is 0 Å². The van der Waals surface area contributed by atoms with E-state index in [4.69, 9.17) is 23.2 Å². The first-order valence-corrected chi connectivity index (χ1v) is 6.29. The van der Waals surface area contributed by atoms with E-state index in [-0.39, 0.29) is 6.04 Å². The Bertz CT molecular complexity index is 528. The molecule has 0 fully saturated rings. The summed E-state index contributed by atoms with van der Waals surface area (Å²) in [7, 11) is 1.96. The largest absolute Gasteiger partial charge is 0.352 e. The van der Waals surface area contributed by atoms with Gasteiger partial charge in [-0.3, -0.25) is 4.98 Å². The molecule has 1 aromatic carbocycles. The van der Waals surface area contributed by atoms with E-state index in [9.17, 15) is 0 Å². The number of halogens is 2. The zero-order chi connectivity index (χ0) is 13.1. The van der Waals surface area contributed by atoms with Crippen LogP contribution >= 0.6 is 23.2 Å². The van der Waals surface area contributed by atoms with Crippen LogP contribution in [0.3, 0.4) is 0 Å². The van der Waals surface area contributed by atoms with Gasteiger partial charge in [-0.05, 0) is 24.6 Å². The van der Waals surface area contributed by atoms with Gasteiger partial charge in [-0.25, -0.2) is 4.98 Å². The normalized spacial score (nSPS) is 12.2. The van der Waals surface area contributed by atoms with Crippen LogP contribution in [0.25, 0.3) is 0 Å². The van der Waals surface area contributed by atoms with Gasteiger partial charge in [-0.1, -0.05) is 35.3 Å². The lowest BCUT2D eigenvalue weighted by atomic mass is 10.1. The Hall–Kier alpha value is -1.32. The van der Waals surface area contributed by atoms with Crippen LogP contribution < -0.4 is 4.90 Å². The molecule has 5 heteroatoms. The molecule has 0 radical (unpaired) electrons. The maximum atomic E-state index is 5.88. The highest BCUT2D eigenvalue weighted by molar-refractivity contribution is 6.30. The lowest BCUT2D eigenvalue weighted by Crippen LogP contribution is -2.22. The van der Waals surface area contributed by atoms with Crippen LogP contribution in [0.4, 0.5) is 5.82 Å². The predicted octanol–water partition coefficient (Wildman–Crippen LogP) is 3.98. The minimum atomic E-state index is 0.162. The average Bonchev–Trinajstić information content (AvgIpc) is 2.38. The molecule has 0 aliphatic rings. The average molecular weight is 282 g/mol. The highest BCUT2D eigenvalue weighted by Gasteiger charge is 2.13. The van der Waals surface area contributed by atoms with E-state index >= 15 is 0 Å². The molecule has 1 aromatic heterocycles. The van der Waals surface area contributed by atoms with Crippen LogP contribution in [-0.2, 0) is 0 Å². The molecule has 18 heavy (non-hydrogen) atoms. The van der Waals surface area contributed by atoms with E-state index in [1.54, 1.807) is 6.20 Å². The van der Waals surface area contributed by atoms with Crippen molar-refractivity contribution in [3.63, 3.8) is 0 Å². The summed E-state index contributed by atoms with van der Waals surface area (Å²) in [5.74, 6) is 0.741. The Morgan fingerprint density at radius 3 is 2.39 bits per heavy atom. The topological polar surface area (TPSA) is 29.0 Å². The molecule has 1 unspecified atom stereocenters. The molecule has 94 valence electrons. The number of rotatable bonds is 3. The molecule has 0 bridgehead atoms. The summed E-state index contributed by atoms with van der Waals surface area (Å²) < 4.78 is 0. The number of anilines is 1. The predicted molar refractivity (Wildman–Crippen MR) is 75.3 cm³/mol. The lowest BCUT2D eigenvalue weighted by molar-refractivity contribution is 0.726. The van der Waals surface area contributed by atoms with Crippen molar-refractivity contribution in [2.45, 2.75) is 13.0 Å². The molecule has 0 aliphatic heterocycles. The van der Waals surface area contributed by atoms with Crippen LogP contribution in [-0.4, -0.2) is 17.0 Å². The summed E-state index contributed by atoms with van der Waals surface area (Å²) in [5, 5.41) is 1.12. The van der Waals surface area contributed by atoms with Crippen LogP contribution in [0.2, 0.25) is 10.2 Å². The Kier molecular flexibility index (Phi) is 4.04. The third-order valence-corrected chi connectivity index (χ3v) is 3.32. The number of nitrogens with zero attached hydrogens (tertiary/aromatic N) is 3. The Balaban J connectivity index is 2.23. The maximum Gasteiger partial charge on any atom is 0.149 e. The van der Waals surface area contributed by atoms with Gasteiger partial charge >= 0.3 is 0 Å². The van der Waals surface area contributed by atoms with E-state index in [0.717, 1.165) is 16.4 Å². The Morgan fingerprint density at radius 2 is 1.78 bits per heavy atom. The van der Waals surface area contributed by atoms with Gasteiger partial charge in [-0.15, -0.1) is 0 Å². The number of benzene rings is 1. The maximum absolute atomic E-state index is 5.88. The summed E-state index contributed by atoms with van der Waals surface area (Å²) in [6.45, 7) is 2.09. The molecule has 1 heterocycles. The third kappa shape index (κ3) is 2.92. The molecule has 2 aromatic rings. The van der Waals surface area contributed by atoms with Gasteiger partial charge in [0.15, 0.2) is 0 Å². The van der Waals surface area contributed by atoms with Crippen molar-refractivity contribution in [2.24, 2.45) is 0 Å². The minimum absolute atomic E-state index is 0.162. The summed E-state index contributed by atoms with van der Waals surface area (Å²) in [4.78, 5) is 10.3. The third-order valence-electron chi connectivity index (χ3n) is 2.89. The van der Waals surface area contributed by atoms with Crippen LogP contribution in [0, 0.1) is 0 Å². The quantitative estimate of drug-likeness (QED) is 0.852. The summed E-state index contributed by atoms with van der Waals surface area (Å²) in [6, 6.07) is 7.92. The van der Waals surface area contributed by atoms with Gasteiger partial charge < -0.3 is 4.90 Å².